The first-order valence-corrected chi connectivity index (χ1v) is 9.31. The van der Waals surface area contributed by atoms with Crippen molar-refractivity contribution in [2.45, 2.75) is 51.8 Å². The summed E-state index contributed by atoms with van der Waals surface area (Å²) in [4.78, 5) is 4.62. The molecule has 2 heterocycles. The maximum Gasteiger partial charge on any atom is 0.191 e. The Morgan fingerprint density at radius 2 is 2.00 bits per heavy atom. The van der Waals surface area contributed by atoms with Crippen LogP contribution in [0.25, 0.3) is 0 Å². The minimum absolute atomic E-state index is 0. The molecule has 0 fully saturated rings. The van der Waals surface area contributed by atoms with Crippen LogP contribution in [0.4, 0.5) is 0 Å². The van der Waals surface area contributed by atoms with Gasteiger partial charge in [0.2, 0.25) is 0 Å². The Morgan fingerprint density at radius 1 is 1.22 bits per heavy atom. The second-order valence-electron chi connectivity index (χ2n) is 6.83. The SMILES string of the molecule is CCNC(=NCc1nnc2n1CCCC2)NCC(C)(O)c1ccccc1.I. The molecule has 0 bridgehead atoms. The number of hydrogen-bond acceptors (Lipinski definition) is 4. The zero-order chi connectivity index (χ0) is 18.4. The number of aliphatic imine (C=N–C) groups is 1. The molecule has 1 unspecified atom stereocenters. The van der Waals surface area contributed by atoms with Crippen molar-refractivity contribution >= 4 is 29.9 Å². The molecule has 0 saturated carbocycles. The molecule has 0 amide bonds. The highest BCUT2D eigenvalue weighted by Crippen LogP contribution is 2.19. The van der Waals surface area contributed by atoms with Crippen molar-refractivity contribution < 1.29 is 5.11 Å². The van der Waals surface area contributed by atoms with Gasteiger partial charge in [-0.05, 0) is 32.3 Å². The lowest BCUT2D eigenvalue weighted by Gasteiger charge is -2.25. The Kier molecular flexibility index (Phi) is 8.03. The molecule has 3 rings (SSSR count). The molecule has 148 valence electrons. The van der Waals surface area contributed by atoms with Crippen LogP contribution in [0.5, 0.6) is 0 Å². The van der Waals surface area contributed by atoms with Crippen LogP contribution < -0.4 is 10.6 Å². The molecule has 1 atom stereocenters. The molecule has 0 radical (unpaired) electrons. The van der Waals surface area contributed by atoms with Crippen molar-refractivity contribution in [1.29, 1.82) is 0 Å². The molecule has 0 aliphatic carbocycles. The van der Waals surface area contributed by atoms with Crippen molar-refractivity contribution in [1.82, 2.24) is 25.4 Å². The summed E-state index contributed by atoms with van der Waals surface area (Å²) in [6.45, 7) is 6.37. The molecule has 1 aliphatic heterocycles. The molecular formula is C19H29IN6O. The molecule has 0 spiro atoms. The lowest BCUT2D eigenvalue weighted by Crippen LogP contribution is -2.44. The normalized spacial score (nSPS) is 16.0. The minimum Gasteiger partial charge on any atom is -0.384 e. The fourth-order valence-electron chi connectivity index (χ4n) is 3.13. The van der Waals surface area contributed by atoms with Crippen LogP contribution in [0.3, 0.4) is 0 Å². The highest BCUT2D eigenvalue weighted by Gasteiger charge is 2.23. The number of aromatic nitrogens is 3. The van der Waals surface area contributed by atoms with Crippen LogP contribution in [-0.2, 0) is 25.1 Å². The maximum absolute atomic E-state index is 10.7. The van der Waals surface area contributed by atoms with Gasteiger partial charge in [0.15, 0.2) is 11.8 Å². The number of benzene rings is 1. The fraction of sp³-hybridized carbons (Fsp3) is 0.526. The van der Waals surface area contributed by atoms with E-state index < -0.39 is 5.60 Å². The number of aryl methyl sites for hydroxylation is 1. The standard InChI is InChI=1S/C19H28N6O.HI/c1-3-20-18(22-14-19(2,26)15-9-5-4-6-10-15)21-13-17-24-23-16-11-7-8-12-25(16)17;/h4-6,9-10,26H,3,7-8,11-14H2,1-2H3,(H2,20,21,22);1H. The smallest absolute Gasteiger partial charge is 0.191 e. The van der Waals surface area contributed by atoms with Gasteiger partial charge in [-0.1, -0.05) is 30.3 Å². The van der Waals surface area contributed by atoms with E-state index in [0.717, 1.165) is 36.7 Å². The number of rotatable bonds is 6. The lowest BCUT2D eigenvalue weighted by molar-refractivity contribution is 0.0617. The van der Waals surface area contributed by atoms with E-state index in [0.29, 0.717) is 19.0 Å². The Hall–Kier alpha value is -1.68. The van der Waals surface area contributed by atoms with Crippen LogP contribution in [0, 0.1) is 0 Å². The van der Waals surface area contributed by atoms with Gasteiger partial charge in [0.1, 0.15) is 18.0 Å². The molecule has 3 N–H and O–H groups in total. The Bertz CT molecular complexity index is 744. The second kappa shape index (κ2) is 10.0. The predicted molar refractivity (Wildman–Crippen MR) is 117 cm³/mol. The van der Waals surface area contributed by atoms with E-state index in [2.05, 4.69) is 30.4 Å². The summed E-state index contributed by atoms with van der Waals surface area (Å²) in [6.07, 6.45) is 3.34. The first-order chi connectivity index (χ1) is 12.6. The average molecular weight is 484 g/mol. The Morgan fingerprint density at radius 3 is 2.74 bits per heavy atom. The molecule has 1 aliphatic rings. The zero-order valence-corrected chi connectivity index (χ0v) is 18.3. The monoisotopic (exact) mass is 484 g/mol. The number of aliphatic hydroxyl groups is 1. The minimum atomic E-state index is -0.981. The summed E-state index contributed by atoms with van der Waals surface area (Å²) in [5.41, 5.74) is -0.110. The van der Waals surface area contributed by atoms with Crippen molar-refractivity contribution in [3.05, 3.63) is 47.5 Å². The molecule has 0 saturated heterocycles. The molecular weight excluding hydrogens is 455 g/mol. The lowest BCUT2D eigenvalue weighted by atomic mass is 9.96. The summed E-state index contributed by atoms with van der Waals surface area (Å²) in [5.74, 6) is 2.62. The number of nitrogens with one attached hydrogen (secondary N) is 2. The summed E-state index contributed by atoms with van der Waals surface area (Å²) in [5, 5.41) is 25.8. The third-order valence-electron chi connectivity index (χ3n) is 4.65. The van der Waals surface area contributed by atoms with Crippen LogP contribution in [0.15, 0.2) is 35.3 Å². The Balaban J connectivity index is 0.00000261. The predicted octanol–water partition coefficient (Wildman–Crippen LogP) is 2.20. The van der Waals surface area contributed by atoms with E-state index >= 15 is 0 Å². The molecule has 1 aromatic heterocycles. The van der Waals surface area contributed by atoms with Crippen LogP contribution in [0.1, 0.15) is 43.9 Å². The van der Waals surface area contributed by atoms with E-state index in [1.54, 1.807) is 6.92 Å². The van der Waals surface area contributed by atoms with Gasteiger partial charge in [-0.25, -0.2) is 4.99 Å². The van der Waals surface area contributed by atoms with Gasteiger partial charge in [0.05, 0.1) is 6.54 Å². The zero-order valence-electron chi connectivity index (χ0n) is 16.0. The van der Waals surface area contributed by atoms with Gasteiger partial charge in [-0.15, -0.1) is 34.2 Å². The van der Waals surface area contributed by atoms with Gasteiger partial charge in [0, 0.05) is 19.5 Å². The number of fused-ring (bicyclic) bond motifs is 1. The highest BCUT2D eigenvalue weighted by atomic mass is 127. The van der Waals surface area contributed by atoms with Crippen LogP contribution in [-0.4, -0.2) is 38.9 Å². The number of guanidine groups is 1. The highest BCUT2D eigenvalue weighted by molar-refractivity contribution is 14.0. The first kappa shape index (κ1) is 21.6. The molecule has 27 heavy (non-hydrogen) atoms. The van der Waals surface area contributed by atoms with Crippen molar-refractivity contribution in [2.75, 3.05) is 13.1 Å². The van der Waals surface area contributed by atoms with Crippen molar-refractivity contribution in [3.8, 4) is 0 Å². The number of hydrogen-bond donors (Lipinski definition) is 3. The summed E-state index contributed by atoms with van der Waals surface area (Å²) >= 11 is 0. The third-order valence-corrected chi connectivity index (χ3v) is 4.65. The van der Waals surface area contributed by atoms with Gasteiger partial charge >= 0.3 is 0 Å². The molecule has 2 aromatic rings. The van der Waals surface area contributed by atoms with E-state index in [1.165, 1.54) is 12.8 Å². The van der Waals surface area contributed by atoms with Crippen molar-refractivity contribution in [2.24, 2.45) is 4.99 Å². The Labute approximate surface area is 177 Å². The number of nitrogens with zero attached hydrogens (tertiary/aromatic N) is 4. The maximum atomic E-state index is 10.7. The van der Waals surface area contributed by atoms with E-state index in [1.807, 2.05) is 37.3 Å². The van der Waals surface area contributed by atoms with Crippen molar-refractivity contribution in [3.63, 3.8) is 0 Å². The third kappa shape index (κ3) is 5.65. The van der Waals surface area contributed by atoms with Gasteiger partial charge < -0.3 is 20.3 Å². The van der Waals surface area contributed by atoms with Gasteiger partial charge in [-0.2, -0.15) is 0 Å². The van der Waals surface area contributed by atoms with Gasteiger partial charge in [-0.3, -0.25) is 0 Å². The average Bonchev–Trinajstić information content (AvgIpc) is 3.08. The fourth-order valence-corrected chi connectivity index (χ4v) is 3.13. The van der Waals surface area contributed by atoms with Crippen LogP contribution in [0.2, 0.25) is 0 Å². The van der Waals surface area contributed by atoms with E-state index in [-0.39, 0.29) is 24.0 Å². The first-order valence-electron chi connectivity index (χ1n) is 9.31. The summed E-state index contributed by atoms with van der Waals surface area (Å²) in [7, 11) is 0. The summed E-state index contributed by atoms with van der Waals surface area (Å²) in [6, 6.07) is 9.65. The van der Waals surface area contributed by atoms with E-state index in [9.17, 15) is 5.11 Å². The van der Waals surface area contributed by atoms with Crippen LogP contribution >= 0.6 is 24.0 Å². The molecule has 8 heteroatoms. The molecule has 1 aromatic carbocycles. The second-order valence-corrected chi connectivity index (χ2v) is 6.83. The summed E-state index contributed by atoms with van der Waals surface area (Å²) < 4.78 is 2.18. The number of halogens is 1. The topological polar surface area (TPSA) is 87.4 Å². The quantitative estimate of drug-likeness (QED) is 0.333. The molecule has 7 nitrogen and oxygen atoms in total. The largest absolute Gasteiger partial charge is 0.384 e. The van der Waals surface area contributed by atoms with Gasteiger partial charge in [0.25, 0.3) is 0 Å². The van der Waals surface area contributed by atoms with E-state index in [4.69, 9.17) is 0 Å².